The lowest BCUT2D eigenvalue weighted by molar-refractivity contribution is 0.307. The van der Waals surface area contributed by atoms with E-state index < -0.39 is 0 Å². The van der Waals surface area contributed by atoms with Gasteiger partial charge in [-0.25, -0.2) is 0 Å². The number of hydrogen-bond donors (Lipinski definition) is 2. The lowest BCUT2D eigenvalue weighted by atomic mass is 10.2. The molecule has 0 bridgehead atoms. The Kier molecular flexibility index (Phi) is 5.07. The molecule has 0 fully saturated rings. The van der Waals surface area contributed by atoms with Crippen LogP contribution in [0.4, 0.5) is 11.5 Å². The summed E-state index contributed by atoms with van der Waals surface area (Å²) in [4.78, 5) is 4.40. The molecule has 1 aliphatic carbocycles. The third-order valence-electron chi connectivity index (χ3n) is 3.22. The summed E-state index contributed by atoms with van der Waals surface area (Å²) < 4.78 is 5.52. The third kappa shape index (κ3) is 4.16. The van der Waals surface area contributed by atoms with E-state index >= 15 is 0 Å². The van der Waals surface area contributed by atoms with Gasteiger partial charge in [0.1, 0.15) is 5.82 Å². The molecule has 0 aliphatic heterocycles. The second kappa shape index (κ2) is 7.02. The zero-order chi connectivity index (χ0) is 13.5. The Balaban J connectivity index is 1.85. The molecule has 19 heavy (non-hydrogen) atoms. The Bertz CT molecular complexity index is 443. The van der Waals surface area contributed by atoms with Crippen LogP contribution in [0.5, 0.6) is 5.88 Å². The van der Waals surface area contributed by atoms with Crippen molar-refractivity contribution in [1.29, 1.82) is 0 Å². The number of rotatable bonds is 7. The number of nitrogens with two attached hydrogens (primary N) is 1. The number of nitrogens with one attached hydrogen (secondary N) is 1. The van der Waals surface area contributed by atoms with E-state index in [9.17, 15) is 0 Å². The maximum Gasteiger partial charge on any atom is 0.239 e. The van der Waals surface area contributed by atoms with Gasteiger partial charge in [-0.05, 0) is 44.2 Å². The fraction of sp³-hybridized carbons (Fsp3) is 0.533. The second-order valence-corrected chi connectivity index (χ2v) is 4.87. The monoisotopic (exact) mass is 261 g/mol. The third-order valence-corrected chi connectivity index (χ3v) is 3.22. The molecule has 1 aliphatic rings. The zero-order valence-corrected chi connectivity index (χ0v) is 11.6. The summed E-state index contributed by atoms with van der Waals surface area (Å²) in [5.41, 5.74) is 7.99. The van der Waals surface area contributed by atoms with E-state index in [-0.39, 0.29) is 0 Å². The number of pyridine rings is 1. The molecule has 0 unspecified atom stereocenters. The lowest BCUT2D eigenvalue weighted by Crippen LogP contribution is -2.07. The Morgan fingerprint density at radius 3 is 3.05 bits per heavy atom. The smallest absolute Gasteiger partial charge is 0.239 e. The fourth-order valence-corrected chi connectivity index (χ4v) is 2.18. The van der Waals surface area contributed by atoms with E-state index in [0.29, 0.717) is 18.2 Å². The average Bonchev–Trinajstić information content (AvgIpc) is 2.92. The molecule has 0 amide bonds. The average molecular weight is 261 g/mol. The SMILES string of the molecule is CCCOc1nc(NCCC2=CCCC2)ccc1N. The quantitative estimate of drug-likeness (QED) is 0.739. The normalized spacial score (nSPS) is 14.3. The Morgan fingerprint density at radius 2 is 2.32 bits per heavy atom. The first kappa shape index (κ1) is 13.7. The summed E-state index contributed by atoms with van der Waals surface area (Å²) in [6.45, 7) is 3.62. The van der Waals surface area contributed by atoms with Gasteiger partial charge in [0.25, 0.3) is 0 Å². The molecule has 1 aromatic rings. The van der Waals surface area contributed by atoms with Crippen molar-refractivity contribution in [3.63, 3.8) is 0 Å². The van der Waals surface area contributed by atoms with Gasteiger partial charge in [0, 0.05) is 6.54 Å². The highest BCUT2D eigenvalue weighted by Crippen LogP contribution is 2.22. The van der Waals surface area contributed by atoms with Gasteiger partial charge in [-0.2, -0.15) is 4.98 Å². The van der Waals surface area contributed by atoms with Crippen LogP contribution < -0.4 is 15.8 Å². The Hall–Kier alpha value is -1.71. The molecule has 0 saturated heterocycles. The second-order valence-electron chi connectivity index (χ2n) is 4.87. The van der Waals surface area contributed by atoms with Gasteiger partial charge in [-0.3, -0.25) is 0 Å². The minimum absolute atomic E-state index is 0.534. The lowest BCUT2D eigenvalue weighted by Gasteiger charge is -2.10. The summed E-state index contributed by atoms with van der Waals surface area (Å²) in [7, 11) is 0. The van der Waals surface area contributed by atoms with E-state index in [4.69, 9.17) is 10.5 Å². The van der Waals surface area contributed by atoms with Crippen molar-refractivity contribution in [2.45, 2.75) is 39.0 Å². The fourth-order valence-electron chi connectivity index (χ4n) is 2.18. The topological polar surface area (TPSA) is 60.2 Å². The van der Waals surface area contributed by atoms with Gasteiger partial charge in [0.05, 0.1) is 12.3 Å². The summed E-state index contributed by atoms with van der Waals surface area (Å²) in [6, 6.07) is 3.74. The number of nitrogen functional groups attached to an aromatic ring is 1. The molecule has 104 valence electrons. The van der Waals surface area contributed by atoms with Crippen LogP contribution in [0.1, 0.15) is 39.0 Å². The van der Waals surface area contributed by atoms with E-state index in [2.05, 4.69) is 23.3 Å². The Morgan fingerprint density at radius 1 is 1.42 bits per heavy atom. The summed E-state index contributed by atoms with van der Waals surface area (Å²) in [5, 5.41) is 3.33. The predicted molar refractivity (Wildman–Crippen MR) is 79.5 cm³/mol. The highest BCUT2D eigenvalue weighted by atomic mass is 16.5. The van der Waals surface area contributed by atoms with E-state index in [0.717, 1.165) is 25.2 Å². The van der Waals surface area contributed by atoms with Gasteiger partial charge in [0.2, 0.25) is 5.88 Å². The largest absolute Gasteiger partial charge is 0.476 e. The summed E-state index contributed by atoms with van der Waals surface area (Å²) in [5.74, 6) is 1.37. The van der Waals surface area contributed by atoms with Gasteiger partial charge in [-0.1, -0.05) is 18.6 Å². The number of ether oxygens (including phenoxy) is 1. The highest BCUT2D eigenvalue weighted by Gasteiger charge is 2.06. The van der Waals surface area contributed by atoms with Crippen LogP contribution in [0.15, 0.2) is 23.8 Å². The molecular weight excluding hydrogens is 238 g/mol. The maximum atomic E-state index is 5.83. The first-order valence-electron chi connectivity index (χ1n) is 7.10. The van der Waals surface area contributed by atoms with Crippen LogP contribution in [-0.4, -0.2) is 18.1 Å². The first-order chi connectivity index (χ1) is 9.29. The van der Waals surface area contributed by atoms with Gasteiger partial charge >= 0.3 is 0 Å². The number of allylic oxidation sites excluding steroid dienone is 1. The molecule has 1 heterocycles. The molecule has 3 N–H and O–H groups in total. The van der Waals surface area contributed by atoms with Crippen molar-refractivity contribution in [3.05, 3.63) is 23.8 Å². The number of hydrogen-bond acceptors (Lipinski definition) is 4. The first-order valence-corrected chi connectivity index (χ1v) is 7.10. The molecular formula is C15H23N3O. The van der Waals surface area contributed by atoms with E-state index in [1.54, 1.807) is 5.57 Å². The molecule has 4 nitrogen and oxygen atoms in total. The summed E-state index contributed by atoms with van der Waals surface area (Å²) >= 11 is 0. The maximum absolute atomic E-state index is 5.83. The number of nitrogens with zero attached hydrogens (tertiary/aromatic N) is 1. The van der Waals surface area contributed by atoms with Crippen molar-refractivity contribution in [3.8, 4) is 5.88 Å². The van der Waals surface area contributed by atoms with Gasteiger partial charge in [-0.15, -0.1) is 0 Å². The number of anilines is 2. The molecule has 2 rings (SSSR count). The minimum atomic E-state index is 0.534. The van der Waals surface area contributed by atoms with Crippen LogP contribution in [0, 0.1) is 0 Å². The van der Waals surface area contributed by atoms with E-state index in [1.165, 1.54) is 19.3 Å². The molecule has 1 aromatic heterocycles. The van der Waals surface area contributed by atoms with Crippen LogP contribution >= 0.6 is 0 Å². The van der Waals surface area contributed by atoms with Crippen molar-refractivity contribution in [1.82, 2.24) is 4.98 Å². The van der Waals surface area contributed by atoms with E-state index in [1.807, 2.05) is 12.1 Å². The minimum Gasteiger partial charge on any atom is -0.476 e. The van der Waals surface area contributed by atoms with Crippen LogP contribution in [0.2, 0.25) is 0 Å². The van der Waals surface area contributed by atoms with Crippen molar-refractivity contribution in [2.24, 2.45) is 0 Å². The van der Waals surface area contributed by atoms with Gasteiger partial charge < -0.3 is 15.8 Å². The standard InChI is InChI=1S/C15H23N3O/c1-2-11-19-15-13(16)7-8-14(18-15)17-10-9-12-5-3-4-6-12/h5,7-8H,2-4,6,9-11,16H2,1H3,(H,17,18). The molecule has 0 radical (unpaired) electrons. The molecule has 0 aromatic carbocycles. The number of aromatic nitrogens is 1. The van der Waals surface area contributed by atoms with Crippen molar-refractivity contribution in [2.75, 3.05) is 24.2 Å². The van der Waals surface area contributed by atoms with Crippen LogP contribution in [0.3, 0.4) is 0 Å². The predicted octanol–water partition coefficient (Wildman–Crippen LogP) is 3.36. The Labute approximate surface area is 115 Å². The molecule has 0 spiro atoms. The van der Waals surface area contributed by atoms with Crippen LogP contribution in [-0.2, 0) is 0 Å². The van der Waals surface area contributed by atoms with Gasteiger partial charge in [0.15, 0.2) is 0 Å². The zero-order valence-electron chi connectivity index (χ0n) is 11.6. The summed E-state index contributed by atoms with van der Waals surface area (Å²) in [6.07, 6.45) is 8.20. The van der Waals surface area contributed by atoms with Crippen molar-refractivity contribution < 1.29 is 4.74 Å². The molecule has 0 saturated carbocycles. The molecule has 0 atom stereocenters. The van der Waals surface area contributed by atoms with Crippen molar-refractivity contribution >= 4 is 11.5 Å². The van der Waals surface area contributed by atoms with Crippen LogP contribution in [0.25, 0.3) is 0 Å². The molecule has 4 heteroatoms. The highest BCUT2D eigenvalue weighted by molar-refractivity contribution is 5.53.